The van der Waals surface area contributed by atoms with Gasteiger partial charge in [0.25, 0.3) is 0 Å². The molecule has 10 aromatic rings. The van der Waals surface area contributed by atoms with Gasteiger partial charge in [-0.3, -0.25) is 0 Å². The largest absolute Gasteiger partial charge is 0.551 e. The predicted molar refractivity (Wildman–Crippen MR) is 217 cm³/mol. The Labute approximate surface area is 305 Å². The molecule has 5 heteroatoms. The number of hydrogen-bond donors (Lipinski definition) is 0. The molecule has 2 aromatic heterocycles. The first-order valence-corrected chi connectivity index (χ1v) is 18.0. The van der Waals surface area contributed by atoms with Gasteiger partial charge in [-0.25, -0.2) is 0 Å². The van der Waals surface area contributed by atoms with E-state index in [2.05, 4.69) is 156 Å². The van der Waals surface area contributed by atoms with Gasteiger partial charge in [-0.2, -0.15) is 0 Å². The predicted octanol–water partition coefficient (Wildman–Crippen LogP) is 11.3. The highest BCUT2D eigenvalue weighted by Gasteiger charge is 2.41. The van der Waals surface area contributed by atoms with Crippen LogP contribution >= 0.6 is 0 Å². The number of nitrogens with zero attached hydrogens (tertiary/aromatic N) is 1. The molecule has 0 bridgehead atoms. The molecule has 8 aromatic carbocycles. The second-order valence-electron chi connectivity index (χ2n) is 14.0. The molecular formula is C48H28BNO3. The lowest BCUT2D eigenvalue weighted by atomic mass is 9.50. The smallest absolute Gasteiger partial charge is 0.434 e. The summed E-state index contributed by atoms with van der Waals surface area (Å²) in [4.78, 5) is 0. The first-order chi connectivity index (χ1) is 26.3. The number of benzene rings is 8. The highest BCUT2D eigenvalue weighted by Crippen LogP contribution is 2.44. The summed E-state index contributed by atoms with van der Waals surface area (Å²) in [5, 5.41) is 4.69. The lowest BCUT2D eigenvalue weighted by Gasteiger charge is -2.33. The fraction of sp³-hybridized carbons (Fsp3) is 0. The van der Waals surface area contributed by atoms with Crippen LogP contribution in [-0.2, 0) is 0 Å². The van der Waals surface area contributed by atoms with E-state index in [4.69, 9.17) is 13.8 Å². The van der Waals surface area contributed by atoms with E-state index in [-0.39, 0.29) is 6.92 Å². The molecule has 4 heterocycles. The van der Waals surface area contributed by atoms with Gasteiger partial charge in [0.1, 0.15) is 28.4 Å². The molecule has 0 N–H and O–H groups in total. The molecule has 246 valence electrons. The van der Waals surface area contributed by atoms with Crippen LogP contribution in [0.5, 0.6) is 17.2 Å². The standard InChI is InChI=1S/C48H28BNO3/c1-2-12-33(32(11-1)29-21-24-44-38(25-29)36-15-5-9-19-43(36)51-44)30-26-39-37-16-6-10-20-45(37)53-49-40-23-22-31(28-46(40)52-47(27-30)48(39)49)50-41-17-7-3-13-34(41)35-14-4-8-18-42(35)50/h1-28H. The van der Waals surface area contributed by atoms with Crippen molar-refractivity contribution < 1.29 is 13.8 Å². The molecule has 0 atom stereocenters. The molecule has 2 aliphatic heterocycles. The molecule has 0 saturated heterocycles. The fourth-order valence-corrected chi connectivity index (χ4v) is 8.72. The van der Waals surface area contributed by atoms with Gasteiger partial charge >= 0.3 is 6.92 Å². The summed E-state index contributed by atoms with van der Waals surface area (Å²) in [7, 11) is 0. The number of furan rings is 1. The fourth-order valence-electron chi connectivity index (χ4n) is 8.72. The van der Waals surface area contributed by atoms with E-state index < -0.39 is 0 Å². The summed E-state index contributed by atoms with van der Waals surface area (Å²) < 4.78 is 22.4. The lowest BCUT2D eigenvalue weighted by molar-refractivity contribution is 0.479. The molecule has 0 spiro atoms. The van der Waals surface area contributed by atoms with Gasteiger partial charge in [0.2, 0.25) is 0 Å². The highest BCUT2D eigenvalue weighted by molar-refractivity contribution is 6.84. The van der Waals surface area contributed by atoms with Gasteiger partial charge in [0.05, 0.1) is 11.0 Å². The Kier molecular flexibility index (Phi) is 5.83. The van der Waals surface area contributed by atoms with Crippen LogP contribution in [0.25, 0.3) is 82.8 Å². The Morgan fingerprint density at radius 1 is 0.415 bits per heavy atom. The van der Waals surface area contributed by atoms with E-state index in [1.807, 2.05) is 18.2 Å². The zero-order chi connectivity index (χ0) is 34.6. The van der Waals surface area contributed by atoms with Crippen molar-refractivity contribution in [3.63, 3.8) is 0 Å². The average Bonchev–Trinajstić information content (AvgIpc) is 3.76. The Morgan fingerprint density at radius 3 is 1.89 bits per heavy atom. The number of rotatable bonds is 3. The number of ether oxygens (including phenoxy) is 1. The van der Waals surface area contributed by atoms with E-state index >= 15 is 0 Å². The summed E-state index contributed by atoms with van der Waals surface area (Å²) in [6.45, 7) is -0.299. The summed E-state index contributed by atoms with van der Waals surface area (Å²) >= 11 is 0. The molecule has 0 amide bonds. The van der Waals surface area contributed by atoms with Crippen molar-refractivity contribution >= 4 is 61.6 Å². The van der Waals surface area contributed by atoms with Crippen LogP contribution in [0.3, 0.4) is 0 Å². The van der Waals surface area contributed by atoms with Crippen LogP contribution in [0, 0.1) is 0 Å². The summed E-state index contributed by atoms with van der Waals surface area (Å²) in [5.41, 5.74) is 13.9. The molecule has 0 unspecified atom stereocenters. The van der Waals surface area contributed by atoms with Crippen molar-refractivity contribution in [2.75, 3.05) is 0 Å². The topological polar surface area (TPSA) is 36.5 Å². The van der Waals surface area contributed by atoms with Crippen molar-refractivity contribution in [1.29, 1.82) is 0 Å². The summed E-state index contributed by atoms with van der Waals surface area (Å²) in [5.74, 6) is 2.49. The third-order valence-corrected chi connectivity index (χ3v) is 11.1. The van der Waals surface area contributed by atoms with E-state index in [9.17, 15) is 0 Å². The molecule has 12 rings (SSSR count). The maximum absolute atomic E-state index is 7.00. The van der Waals surface area contributed by atoms with Crippen LogP contribution in [-0.4, -0.2) is 11.5 Å². The van der Waals surface area contributed by atoms with E-state index in [0.717, 1.165) is 100 Å². The van der Waals surface area contributed by atoms with Crippen molar-refractivity contribution in [2.24, 2.45) is 0 Å². The third-order valence-electron chi connectivity index (χ3n) is 11.1. The highest BCUT2D eigenvalue weighted by atomic mass is 16.5. The molecule has 4 nitrogen and oxygen atoms in total. The molecule has 0 saturated carbocycles. The van der Waals surface area contributed by atoms with Gasteiger partial charge in [0.15, 0.2) is 0 Å². The minimum Gasteiger partial charge on any atom is -0.551 e. The SMILES string of the molecule is c1ccc2c(c1)OB1c3ccc(-n4c5ccccc5c5ccccc54)cc3Oc3cc(-c4ccccc4-c4ccc5oc6ccccc6c5c4)cc-2c31. The van der Waals surface area contributed by atoms with Crippen LogP contribution in [0.15, 0.2) is 174 Å². The minimum atomic E-state index is -0.299. The van der Waals surface area contributed by atoms with Crippen LogP contribution in [0.2, 0.25) is 0 Å². The van der Waals surface area contributed by atoms with Crippen molar-refractivity contribution in [2.45, 2.75) is 0 Å². The molecule has 0 radical (unpaired) electrons. The van der Waals surface area contributed by atoms with Gasteiger partial charge in [-0.05, 0) is 82.4 Å². The Balaban J connectivity index is 1.04. The number of fused-ring (bicyclic) bond motifs is 10. The van der Waals surface area contributed by atoms with Crippen molar-refractivity contribution in [3.8, 4) is 56.3 Å². The van der Waals surface area contributed by atoms with Gasteiger partial charge in [-0.1, -0.05) is 109 Å². The second-order valence-corrected chi connectivity index (χ2v) is 14.0. The Hall–Kier alpha value is -6.98. The normalized spacial score (nSPS) is 12.8. The first kappa shape index (κ1) is 28.7. The molecule has 53 heavy (non-hydrogen) atoms. The van der Waals surface area contributed by atoms with E-state index in [0.29, 0.717) is 0 Å². The van der Waals surface area contributed by atoms with Gasteiger partial charge in [0, 0.05) is 49.8 Å². The monoisotopic (exact) mass is 677 g/mol. The number of para-hydroxylation sites is 4. The van der Waals surface area contributed by atoms with Crippen LogP contribution in [0.4, 0.5) is 0 Å². The van der Waals surface area contributed by atoms with Crippen molar-refractivity contribution in [1.82, 2.24) is 4.57 Å². The van der Waals surface area contributed by atoms with Crippen LogP contribution < -0.4 is 20.3 Å². The van der Waals surface area contributed by atoms with E-state index in [1.54, 1.807) is 0 Å². The molecular weight excluding hydrogens is 649 g/mol. The Morgan fingerprint density at radius 2 is 1.08 bits per heavy atom. The average molecular weight is 678 g/mol. The van der Waals surface area contributed by atoms with Crippen molar-refractivity contribution in [3.05, 3.63) is 170 Å². The minimum absolute atomic E-state index is 0.299. The second kappa shape index (κ2) is 10.8. The van der Waals surface area contributed by atoms with E-state index in [1.165, 1.54) is 10.8 Å². The van der Waals surface area contributed by atoms with Gasteiger partial charge in [-0.15, -0.1) is 0 Å². The van der Waals surface area contributed by atoms with Crippen LogP contribution in [0.1, 0.15) is 0 Å². The Bertz CT molecular complexity index is 3100. The lowest BCUT2D eigenvalue weighted by Crippen LogP contribution is -2.53. The molecule has 2 aliphatic rings. The summed E-state index contributed by atoms with van der Waals surface area (Å²) in [6, 6.07) is 60.0. The zero-order valence-electron chi connectivity index (χ0n) is 28.4. The first-order valence-electron chi connectivity index (χ1n) is 18.0. The number of hydrogen-bond acceptors (Lipinski definition) is 3. The zero-order valence-corrected chi connectivity index (χ0v) is 28.4. The maximum atomic E-state index is 7.00. The summed E-state index contributed by atoms with van der Waals surface area (Å²) in [6.07, 6.45) is 0. The quantitative estimate of drug-likeness (QED) is 0.175. The number of aromatic nitrogens is 1. The maximum Gasteiger partial charge on any atom is 0.434 e. The van der Waals surface area contributed by atoms with Gasteiger partial charge < -0.3 is 18.4 Å². The molecule has 0 fully saturated rings. The molecule has 0 aliphatic carbocycles. The third kappa shape index (κ3) is 4.13.